The van der Waals surface area contributed by atoms with Gasteiger partial charge < -0.3 is 0 Å². The molecule has 0 aromatic carbocycles. The van der Waals surface area contributed by atoms with Gasteiger partial charge in [-0.3, -0.25) is 4.79 Å². The number of halogens is 1. The molecule has 0 amide bonds. The maximum atomic E-state index is 10.8. The number of hydrogen-bond donors (Lipinski definition) is 0. The van der Waals surface area contributed by atoms with Crippen molar-refractivity contribution in [3.63, 3.8) is 0 Å². The molecule has 1 atom stereocenters. The van der Waals surface area contributed by atoms with Crippen LogP contribution < -0.4 is 0 Å². The van der Waals surface area contributed by atoms with Gasteiger partial charge in [-0.15, -0.1) is 0 Å². The Hall–Kier alpha value is -0.870. The predicted molar refractivity (Wildman–Crippen MR) is 38.1 cm³/mol. The monoisotopic (exact) mass is 200 g/mol. The van der Waals surface area contributed by atoms with Crippen LogP contribution in [0.5, 0.6) is 0 Å². The van der Waals surface area contributed by atoms with E-state index in [2.05, 4.69) is 15.9 Å². The third-order valence-electron chi connectivity index (χ3n) is 0.935. The summed E-state index contributed by atoms with van der Waals surface area (Å²) in [6, 6.07) is 3.18. The minimum Gasteiger partial charge on any atom is -0.296 e. The summed E-state index contributed by atoms with van der Waals surface area (Å²) in [5, 5.41) is 16.5. The first-order chi connectivity index (χ1) is 4.63. The van der Waals surface area contributed by atoms with Gasteiger partial charge in [-0.2, -0.15) is 10.5 Å². The van der Waals surface area contributed by atoms with Gasteiger partial charge in [0.05, 0.1) is 17.0 Å². The molecule has 0 saturated carbocycles. The number of hydrogen-bond acceptors (Lipinski definition) is 3. The van der Waals surface area contributed by atoms with E-state index in [1.54, 1.807) is 19.1 Å². The summed E-state index contributed by atoms with van der Waals surface area (Å²) in [5.74, 6) is -1.51. The maximum Gasteiger partial charge on any atom is 0.192 e. The molecule has 0 spiro atoms. The van der Waals surface area contributed by atoms with E-state index in [1.165, 1.54) is 0 Å². The summed E-state index contributed by atoms with van der Waals surface area (Å²) in [7, 11) is 0. The number of rotatable bonds is 2. The number of Topliss-reactive ketones (excluding diaryl/α,β-unsaturated/α-hetero) is 1. The molecule has 0 heterocycles. The zero-order chi connectivity index (χ0) is 8.15. The standard InChI is InChI=1S/C6H5BrN2O/c1-4(7)6(10)5(2-8)3-9/h4-5H,1H3. The normalized spacial score (nSPS) is 11.7. The number of nitriles is 2. The Labute approximate surface area is 67.4 Å². The van der Waals surface area contributed by atoms with Crippen LogP contribution in [0.3, 0.4) is 0 Å². The van der Waals surface area contributed by atoms with E-state index in [0.717, 1.165) is 0 Å². The molecule has 0 aliphatic heterocycles. The van der Waals surface area contributed by atoms with Crippen molar-refractivity contribution in [2.24, 2.45) is 5.92 Å². The quantitative estimate of drug-likeness (QED) is 0.626. The number of ketones is 1. The van der Waals surface area contributed by atoms with Crippen molar-refractivity contribution in [2.75, 3.05) is 0 Å². The van der Waals surface area contributed by atoms with Crippen LogP contribution in [0.4, 0.5) is 0 Å². The lowest BCUT2D eigenvalue weighted by atomic mass is 10.1. The van der Waals surface area contributed by atoms with Gasteiger partial charge in [-0.1, -0.05) is 15.9 Å². The molecule has 0 rings (SSSR count). The van der Waals surface area contributed by atoms with Gasteiger partial charge >= 0.3 is 0 Å². The largest absolute Gasteiger partial charge is 0.296 e. The molecule has 0 bridgehead atoms. The van der Waals surface area contributed by atoms with Crippen molar-refractivity contribution in [2.45, 2.75) is 11.8 Å². The van der Waals surface area contributed by atoms with Gasteiger partial charge in [0, 0.05) is 0 Å². The highest BCUT2D eigenvalue weighted by molar-refractivity contribution is 9.10. The van der Waals surface area contributed by atoms with Crippen LogP contribution in [-0.4, -0.2) is 10.6 Å². The molecular weight excluding hydrogens is 196 g/mol. The van der Waals surface area contributed by atoms with E-state index < -0.39 is 10.7 Å². The molecule has 3 nitrogen and oxygen atoms in total. The van der Waals surface area contributed by atoms with Gasteiger partial charge in [-0.05, 0) is 6.92 Å². The molecule has 0 aromatic heterocycles. The summed E-state index contributed by atoms with van der Waals surface area (Å²) in [5.41, 5.74) is 0. The highest BCUT2D eigenvalue weighted by Crippen LogP contribution is 2.06. The fourth-order valence-corrected chi connectivity index (χ4v) is 0.650. The summed E-state index contributed by atoms with van der Waals surface area (Å²) in [4.78, 5) is 10.4. The van der Waals surface area contributed by atoms with Crippen molar-refractivity contribution >= 4 is 21.7 Å². The molecule has 0 N–H and O–H groups in total. The minimum absolute atomic E-state index is 0.384. The second kappa shape index (κ2) is 4.03. The Bertz CT molecular complexity index is 197. The molecular formula is C6H5BrN2O. The highest BCUT2D eigenvalue weighted by Gasteiger charge is 2.20. The topological polar surface area (TPSA) is 64.7 Å². The van der Waals surface area contributed by atoms with Gasteiger partial charge in [0.2, 0.25) is 0 Å². The lowest BCUT2D eigenvalue weighted by molar-refractivity contribution is -0.119. The summed E-state index contributed by atoms with van der Waals surface area (Å²) in [6.45, 7) is 1.59. The summed E-state index contributed by atoms with van der Waals surface area (Å²) < 4.78 is 0. The number of nitrogens with zero attached hydrogens (tertiary/aromatic N) is 2. The first-order valence-corrected chi connectivity index (χ1v) is 3.52. The van der Waals surface area contributed by atoms with Crippen molar-refractivity contribution in [1.29, 1.82) is 10.5 Å². The van der Waals surface area contributed by atoms with Crippen LogP contribution >= 0.6 is 15.9 Å². The van der Waals surface area contributed by atoms with Gasteiger partial charge in [-0.25, -0.2) is 0 Å². The van der Waals surface area contributed by atoms with Crippen molar-refractivity contribution < 1.29 is 4.79 Å². The number of carbonyl (C=O) groups excluding carboxylic acids is 1. The van der Waals surface area contributed by atoms with Gasteiger partial charge in [0.1, 0.15) is 0 Å². The fourth-order valence-electron chi connectivity index (χ4n) is 0.386. The Kier molecular flexibility index (Phi) is 3.68. The zero-order valence-corrected chi connectivity index (χ0v) is 6.92. The number of carbonyl (C=O) groups is 1. The van der Waals surface area contributed by atoms with Crippen molar-refractivity contribution in [3.8, 4) is 12.1 Å². The Morgan fingerprint density at radius 3 is 2.00 bits per heavy atom. The van der Waals surface area contributed by atoms with E-state index in [0.29, 0.717) is 0 Å². The van der Waals surface area contributed by atoms with E-state index in [4.69, 9.17) is 10.5 Å². The second-order valence-electron chi connectivity index (χ2n) is 1.71. The van der Waals surface area contributed by atoms with E-state index >= 15 is 0 Å². The Morgan fingerprint density at radius 1 is 1.50 bits per heavy atom. The highest BCUT2D eigenvalue weighted by atomic mass is 79.9. The molecule has 0 aliphatic rings. The first kappa shape index (κ1) is 9.13. The molecule has 0 fully saturated rings. The number of alkyl halides is 1. The summed E-state index contributed by atoms with van der Waals surface area (Å²) in [6.07, 6.45) is 0. The molecule has 0 saturated heterocycles. The lowest BCUT2D eigenvalue weighted by Gasteiger charge is -1.99. The average molecular weight is 201 g/mol. The Morgan fingerprint density at radius 2 is 1.90 bits per heavy atom. The van der Waals surface area contributed by atoms with Gasteiger partial charge in [0.15, 0.2) is 11.7 Å². The average Bonchev–Trinajstić information content (AvgIpc) is 1.90. The maximum absolute atomic E-state index is 10.8. The van der Waals surface area contributed by atoms with Crippen LogP contribution in [0.25, 0.3) is 0 Å². The third-order valence-corrected chi connectivity index (χ3v) is 1.39. The third kappa shape index (κ3) is 2.16. The predicted octanol–water partition coefficient (Wildman–Crippen LogP) is 1.00. The SMILES string of the molecule is CC(Br)C(=O)C(C#N)C#N. The zero-order valence-electron chi connectivity index (χ0n) is 5.34. The first-order valence-electron chi connectivity index (χ1n) is 2.60. The molecule has 52 valence electrons. The van der Waals surface area contributed by atoms with Gasteiger partial charge in [0.25, 0.3) is 0 Å². The fraction of sp³-hybridized carbons (Fsp3) is 0.500. The smallest absolute Gasteiger partial charge is 0.192 e. The van der Waals surface area contributed by atoms with Crippen molar-refractivity contribution in [1.82, 2.24) is 0 Å². The van der Waals surface area contributed by atoms with E-state index in [-0.39, 0.29) is 5.78 Å². The molecule has 10 heavy (non-hydrogen) atoms. The van der Waals surface area contributed by atoms with Crippen molar-refractivity contribution in [3.05, 3.63) is 0 Å². The molecule has 0 radical (unpaired) electrons. The molecule has 1 unspecified atom stereocenters. The Balaban J connectivity index is 4.24. The molecule has 0 aliphatic carbocycles. The lowest BCUT2D eigenvalue weighted by Crippen LogP contribution is -2.18. The molecule has 4 heteroatoms. The van der Waals surface area contributed by atoms with Crippen LogP contribution in [0.15, 0.2) is 0 Å². The van der Waals surface area contributed by atoms with Crippen LogP contribution in [0.2, 0.25) is 0 Å². The van der Waals surface area contributed by atoms with Crippen LogP contribution in [-0.2, 0) is 4.79 Å². The van der Waals surface area contributed by atoms with Crippen LogP contribution in [0.1, 0.15) is 6.92 Å². The van der Waals surface area contributed by atoms with E-state index in [1.807, 2.05) is 0 Å². The second-order valence-corrected chi connectivity index (χ2v) is 3.08. The van der Waals surface area contributed by atoms with Crippen LogP contribution in [0, 0.1) is 28.6 Å². The van der Waals surface area contributed by atoms with E-state index in [9.17, 15) is 4.79 Å². The minimum atomic E-state index is -1.13. The summed E-state index contributed by atoms with van der Waals surface area (Å²) >= 11 is 2.97. The molecule has 0 aromatic rings.